The number of nitrogens with zero attached hydrogens (tertiary/aromatic N) is 7. The Bertz CT molecular complexity index is 1100. The second kappa shape index (κ2) is 5.53. The lowest BCUT2D eigenvalue weighted by Crippen LogP contribution is -1.97. The van der Waals surface area contributed by atoms with Gasteiger partial charge < -0.3 is 4.74 Å². The van der Waals surface area contributed by atoms with E-state index in [1.54, 1.807) is 11.6 Å². The van der Waals surface area contributed by atoms with E-state index >= 15 is 0 Å². The minimum atomic E-state index is 0.472. The van der Waals surface area contributed by atoms with Crippen LogP contribution in [-0.2, 0) is 0 Å². The molecular weight excluding hydrogens is 306 g/mol. The molecule has 4 rings (SSSR count). The largest absolute Gasteiger partial charge is 0.494 e. The maximum absolute atomic E-state index is 9.07. The fourth-order valence-corrected chi connectivity index (χ4v) is 2.85. The van der Waals surface area contributed by atoms with Crippen LogP contribution in [0.15, 0.2) is 53.6 Å². The lowest BCUT2D eigenvalue weighted by atomic mass is 10.0. The zero-order valence-corrected chi connectivity index (χ0v) is 12.7. The first-order valence-corrected chi connectivity index (χ1v) is 7.16. The first-order valence-electron chi connectivity index (χ1n) is 7.16. The highest BCUT2D eigenvalue weighted by Crippen LogP contribution is 2.41. The summed E-state index contributed by atoms with van der Waals surface area (Å²) in [5, 5.41) is 16.6. The van der Waals surface area contributed by atoms with Gasteiger partial charge in [-0.25, -0.2) is 0 Å². The molecule has 0 aliphatic heterocycles. The molecule has 2 heterocycles. The molecule has 8 nitrogen and oxygen atoms in total. The second-order valence-electron chi connectivity index (χ2n) is 5.05. The summed E-state index contributed by atoms with van der Waals surface area (Å²) in [6.07, 6.45) is 0. The maximum Gasteiger partial charge on any atom is 0.188 e. The standard InChI is InChI=1S/C16H11N7O/c1-24-12-9-5-8-11-14(18-20-17)13(10-6-3-2-4-7-10)16-19-21-22-23(16)15(11)12/h2-9H,1H3. The highest BCUT2D eigenvalue weighted by atomic mass is 16.5. The Morgan fingerprint density at radius 3 is 2.71 bits per heavy atom. The van der Waals surface area contributed by atoms with Crippen molar-refractivity contribution in [2.75, 3.05) is 7.11 Å². The molecule has 0 radical (unpaired) electrons. The molecule has 0 atom stereocenters. The van der Waals surface area contributed by atoms with E-state index in [2.05, 4.69) is 25.6 Å². The number of rotatable bonds is 3. The van der Waals surface area contributed by atoms with Crippen molar-refractivity contribution in [1.29, 1.82) is 0 Å². The Morgan fingerprint density at radius 1 is 1.12 bits per heavy atom. The SMILES string of the molecule is COc1cccc2c(N=[N+]=[N-])c(-c3ccccc3)c3nnnn3c12. The molecule has 2 aromatic carbocycles. The van der Waals surface area contributed by atoms with E-state index in [-0.39, 0.29) is 0 Å². The topological polar surface area (TPSA) is 101 Å². The van der Waals surface area contributed by atoms with E-state index in [1.165, 1.54) is 0 Å². The molecule has 8 heteroatoms. The van der Waals surface area contributed by atoms with E-state index < -0.39 is 0 Å². The van der Waals surface area contributed by atoms with Gasteiger partial charge in [-0.2, -0.15) is 4.52 Å². The lowest BCUT2D eigenvalue weighted by molar-refractivity contribution is 0.418. The summed E-state index contributed by atoms with van der Waals surface area (Å²) in [7, 11) is 1.57. The average Bonchev–Trinajstić information content (AvgIpc) is 3.11. The van der Waals surface area contributed by atoms with E-state index in [4.69, 9.17) is 10.3 Å². The van der Waals surface area contributed by atoms with E-state index in [0.717, 1.165) is 5.56 Å². The fraction of sp³-hybridized carbons (Fsp3) is 0.0625. The van der Waals surface area contributed by atoms with Crippen molar-refractivity contribution in [2.45, 2.75) is 0 Å². The van der Waals surface area contributed by atoms with Crippen LogP contribution < -0.4 is 4.74 Å². The van der Waals surface area contributed by atoms with Gasteiger partial charge in [-0.1, -0.05) is 47.6 Å². The number of benzene rings is 2. The Labute approximate surface area is 135 Å². The summed E-state index contributed by atoms with van der Waals surface area (Å²) in [5.74, 6) is 0.596. The summed E-state index contributed by atoms with van der Waals surface area (Å²) < 4.78 is 7.04. The van der Waals surface area contributed by atoms with Crippen molar-refractivity contribution in [3.63, 3.8) is 0 Å². The van der Waals surface area contributed by atoms with Crippen LogP contribution in [0.4, 0.5) is 5.69 Å². The first-order chi connectivity index (χ1) is 11.8. The first kappa shape index (κ1) is 14.0. The van der Waals surface area contributed by atoms with Crippen LogP contribution in [0.25, 0.3) is 38.1 Å². The Balaban J connectivity index is 2.28. The van der Waals surface area contributed by atoms with Crippen molar-refractivity contribution < 1.29 is 4.74 Å². The zero-order chi connectivity index (χ0) is 16.5. The Morgan fingerprint density at radius 2 is 1.96 bits per heavy atom. The van der Waals surface area contributed by atoms with Gasteiger partial charge in [-0.15, -0.1) is 5.10 Å². The number of pyridine rings is 1. The molecule has 0 saturated heterocycles. The minimum Gasteiger partial charge on any atom is -0.494 e. The van der Waals surface area contributed by atoms with Gasteiger partial charge in [0, 0.05) is 15.9 Å². The third-order valence-electron chi connectivity index (χ3n) is 3.82. The van der Waals surface area contributed by atoms with Gasteiger partial charge in [0.15, 0.2) is 5.65 Å². The van der Waals surface area contributed by atoms with Crippen molar-refractivity contribution in [3.8, 4) is 16.9 Å². The second-order valence-corrected chi connectivity index (χ2v) is 5.05. The number of aromatic nitrogens is 4. The van der Waals surface area contributed by atoms with Gasteiger partial charge in [0.1, 0.15) is 11.3 Å². The van der Waals surface area contributed by atoms with Gasteiger partial charge >= 0.3 is 0 Å². The maximum atomic E-state index is 9.07. The van der Waals surface area contributed by atoms with E-state index in [0.29, 0.717) is 33.6 Å². The van der Waals surface area contributed by atoms with Gasteiger partial charge in [0.25, 0.3) is 0 Å². The predicted octanol–water partition coefficient (Wildman–Crippen LogP) is 3.89. The van der Waals surface area contributed by atoms with Crippen molar-refractivity contribution >= 4 is 22.2 Å². The summed E-state index contributed by atoms with van der Waals surface area (Å²) in [6.45, 7) is 0. The fourth-order valence-electron chi connectivity index (χ4n) is 2.85. The summed E-state index contributed by atoms with van der Waals surface area (Å²) in [5.41, 5.74) is 12.2. The zero-order valence-electron chi connectivity index (χ0n) is 12.7. The Kier molecular flexibility index (Phi) is 3.22. The normalized spacial score (nSPS) is 10.7. The highest BCUT2D eigenvalue weighted by Gasteiger charge is 2.19. The van der Waals surface area contributed by atoms with Crippen molar-refractivity contribution in [1.82, 2.24) is 20.0 Å². The Hall–Kier alpha value is -3.64. The van der Waals surface area contributed by atoms with Gasteiger partial charge in [0.05, 0.1) is 12.8 Å². The molecule has 0 fully saturated rings. The molecule has 2 aromatic heterocycles. The summed E-state index contributed by atoms with van der Waals surface area (Å²) in [6, 6.07) is 15.1. The van der Waals surface area contributed by atoms with E-state index in [1.807, 2.05) is 48.5 Å². The van der Waals surface area contributed by atoms with Crippen LogP contribution in [0.5, 0.6) is 5.75 Å². The molecule has 0 aliphatic rings. The molecule has 24 heavy (non-hydrogen) atoms. The van der Waals surface area contributed by atoms with Crippen LogP contribution in [0.1, 0.15) is 0 Å². The number of para-hydroxylation sites is 1. The third kappa shape index (κ3) is 1.94. The predicted molar refractivity (Wildman–Crippen MR) is 89.1 cm³/mol. The molecule has 0 bridgehead atoms. The molecule has 0 amide bonds. The van der Waals surface area contributed by atoms with Crippen molar-refractivity contribution in [3.05, 3.63) is 59.0 Å². The van der Waals surface area contributed by atoms with Crippen molar-refractivity contribution in [2.24, 2.45) is 5.11 Å². The molecule has 0 spiro atoms. The average molecular weight is 317 g/mol. The number of fused-ring (bicyclic) bond motifs is 3. The molecule has 0 saturated carbocycles. The number of hydrogen-bond acceptors (Lipinski definition) is 5. The summed E-state index contributed by atoms with van der Waals surface area (Å²) >= 11 is 0. The van der Waals surface area contributed by atoms with Crippen LogP contribution in [0.3, 0.4) is 0 Å². The quantitative estimate of drug-likeness (QED) is 0.325. The minimum absolute atomic E-state index is 0.472. The molecule has 4 aromatic rings. The number of tetrazole rings is 1. The molecular formula is C16H11N7O. The third-order valence-corrected chi connectivity index (χ3v) is 3.82. The monoisotopic (exact) mass is 317 g/mol. The van der Waals surface area contributed by atoms with Gasteiger partial charge in [-0.3, -0.25) is 0 Å². The molecule has 0 N–H and O–H groups in total. The smallest absolute Gasteiger partial charge is 0.188 e. The highest BCUT2D eigenvalue weighted by molar-refractivity contribution is 6.05. The lowest BCUT2D eigenvalue weighted by Gasteiger charge is -2.13. The molecule has 0 aliphatic carbocycles. The molecule has 0 unspecified atom stereocenters. The number of methoxy groups -OCH3 is 1. The van der Waals surface area contributed by atoms with E-state index in [9.17, 15) is 0 Å². The number of azide groups is 1. The van der Waals surface area contributed by atoms with Gasteiger partial charge in [0.2, 0.25) is 0 Å². The molecule has 116 valence electrons. The van der Waals surface area contributed by atoms with Crippen LogP contribution >= 0.6 is 0 Å². The number of hydrogen-bond donors (Lipinski definition) is 0. The van der Waals surface area contributed by atoms with Crippen LogP contribution in [0.2, 0.25) is 0 Å². The van der Waals surface area contributed by atoms with Crippen LogP contribution in [0, 0.1) is 0 Å². The van der Waals surface area contributed by atoms with Gasteiger partial charge in [-0.05, 0) is 27.6 Å². The summed E-state index contributed by atoms with van der Waals surface area (Å²) in [4.78, 5) is 3.00. The van der Waals surface area contributed by atoms with Crippen LogP contribution in [-0.4, -0.2) is 27.2 Å². The number of ether oxygens (including phenoxy) is 1.